The van der Waals surface area contributed by atoms with E-state index in [1.54, 1.807) is 11.8 Å². The van der Waals surface area contributed by atoms with E-state index in [1.807, 2.05) is 12.1 Å². The van der Waals surface area contributed by atoms with Crippen molar-refractivity contribution in [2.45, 2.75) is 11.3 Å². The number of amidine groups is 1. The van der Waals surface area contributed by atoms with E-state index in [2.05, 4.69) is 22.4 Å². The van der Waals surface area contributed by atoms with E-state index in [0.29, 0.717) is 5.21 Å². The number of aliphatic imine (C=N–C) groups is 1. The monoisotopic (exact) mass is 240 g/mol. The van der Waals surface area contributed by atoms with Gasteiger partial charge in [0.05, 0.1) is 5.21 Å². The molecule has 1 aliphatic heterocycles. The molecule has 2 rings (SSSR count). The highest BCUT2D eigenvalue weighted by Crippen LogP contribution is 2.24. The topological polar surface area (TPSA) is 24.4 Å². The zero-order valence-electron chi connectivity index (χ0n) is 8.37. The lowest BCUT2D eigenvalue weighted by molar-refractivity contribution is 0.741. The molecule has 1 aromatic carbocycles. The summed E-state index contributed by atoms with van der Waals surface area (Å²) in [7, 11) is 0. The molecule has 0 bridgehead atoms. The van der Waals surface area contributed by atoms with Crippen molar-refractivity contribution in [3.63, 3.8) is 0 Å². The van der Waals surface area contributed by atoms with E-state index in [9.17, 15) is 0 Å². The van der Waals surface area contributed by atoms with E-state index >= 15 is 0 Å². The van der Waals surface area contributed by atoms with Crippen LogP contribution in [-0.4, -0.2) is 24.1 Å². The summed E-state index contributed by atoms with van der Waals surface area (Å²) in [4.78, 5) is 5.69. The molecule has 80 valence electrons. The van der Waals surface area contributed by atoms with Gasteiger partial charge in [0.25, 0.3) is 0 Å². The largest absolute Gasteiger partial charge is 0.370 e. The molecule has 0 saturated heterocycles. The van der Waals surface area contributed by atoms with Crippen LogP contribution in [-0.2, 0) is 0 Å². The van der Waals surface area contributed by atoms with Crippen molar-refractivity contribution in [3.05, 3.63) is 29.8 Å². The minimum atomic E-state index is 0.574. The predicted molar refractivity (Wildman–Crippen MR) is 67.0 cm³/mol. The fourth-order valence-electron chi connectivity index (χ4n) is 1.56. The van der Waals surface area contributed by atoms with Crippen molar-refractivity contribution in [2.24, 2.45) is 4.99 Å². The van der Waals surface area contributed by atoms with Gasteiger partial charge < -0.3 is 5.32 Å². The first-order valence-electron chi connectivity index (χ1n) is 4.98. The second-order valence-electron chi connectivity index (χ2n) is 3.26. The molecule has 1 aliphatic rings. The molecule has 4 heteroatoms. The Hall–Kier alpha value is -0.670. The van der Waals surface area contributed by atoms with Crippen LogP contribution in [0.5, 0.6) is 0 Å². The number of nitrogens with one attached hydrogen (secondary N) is 1. The molecule has 1 N–H and O–H groups in total. The first-order valence-corrected chi connectivity index (χ1v) is 6.50. The van der Waals surface area contributed by atoms with Crippen molar-refractivity contribution in [1.29, 1.82) is 0 Å². The average molecular weight is 241 g/mol. The molecule has 2 nitrogen and oxygen atoms in total. The summed E-state index contributed by atoms with van der Waals surface area (Å²) >= 11 is 7.39. The van der Waals surface area contributed by atoms with Gasteiger partial charge in [-0.25, -0.2) is 0 Å². The van der Waals surface area contributed by atoms with Crippen LogP contribution in [0, 0.1) is 0 Å². The minimum Gasteiger partial charge on any atom is -0.370 e. The Bertz CT molecular complexity index is 365. The van der Waals surface area contributed by atoms with Crippen molar-refractivity contribution >= 4 is 29.2 Å². The van der Waals surface area contributed by atoms with Crippen molar-refractivity contribution < 1.29 is 0 Å². The highest BCUT2D eigenvalue weighted by atomic mass is 35.5. The van der Waals surface area contributed by atoms with E-state index < -0.39 is 0 Å². The number of hydrogen-bond donors (Lipinski definition) is 1. The highest BCUT2D eigenvalue weighted by Gasteiger charge is 2.10. The number of halogens is 1. The third-order valence-corrected chi connectivity index (χ3v) is 3.35. The Balaban J connectivity index is 2.29. The summed E-state index contributed by atoms with van der Waals surface area (Å²) in [6.45, 7) is 1.93. The van der Waals surface area contributed by atoms with Crippen molar-refractivity contribution in [2.75, 3.05) is 18.3 Å². The Kier molecular flexibility index (Phi) is 3.92. The fourth-order valence-corrected chi connectivity index (χ4v) is 2.53. The molecular formula is C11H13ClN2S. The SMILES string of the molecule is ClCSc1ccccc1C1=NCCCN1. The minimum absolute atomic E-state index is 0.574. The zero-order chi connectivity index (χ0) is 10.5. The van der Waals surface area contributed by atoms with Crippen LogP contribution < -0.4 is 5.32 Å². The van der Waals surface area contributed by atoms with Crippen molar-refractivity contribution in [1.82, 2.24) is 5.32 Å². The number of alkyl halides is 1. The lowest BCUT2D eigenvalue weighted by Gasteiger charge is -2.16. The summed E-state index contributed by atoms with van der Waals surface area (Å²) < 4.78 is 0. The third kappa shape index (κ3) is 2.67. The second-order valence-corrected chi connectivity index (χ2v) is 4.86. The van der Waals surface area contributed by atoms with Gasteiger partial charge in [-0.1, -0.05) is 18.2 Å². The van der Waals surface area contributed by atoms with Crippen LogP contribution in [0.2, 0.25) is 0 Å². The van der Waals surface area contributed by atoms with Gasteiger partial charge in [0, 0.05) is 23.5 Å². The number of benzene rings is 1. The molecular weight excluding hydrogens is 228 g/mol. The van der Waals surface area contributed by atoms with Crippen LogP contribution >= 0.6 is 23.4 Å². The van der Waals surface area contributed by atoms with Crippen LogP contribution in [0.4, 0.5) is 0 Å². The first-order chi connectivity index (χ1) is 7.42. The van der Waals surface area contributed by atoms with Gasteiger partial charge in [0.2, 0.25) is 0 Å². The van der Waals surface area contributed by atoms with Crippen LogP contribution in [0.3, 0.4) is 0 Å². The maximum atomic E-state index is 5.75. The lowest BCUT2D eigenvalue weighted by Crippen LogP contribution is -2.30. The maximum Gasteiger partial charge on any atom is 0.129 e. The zero-order valence-corrected chi connectivity index (χ0v) is 9.94. The Labute approximate surface area is 99.1 Å². The summed E-state index contributed by atoms with van der Waals surface area (Å²) in [6.07, 6.45) is 1.12. The number of hydrogen-bond acceptors (Lipinski definition) is 3. The van der Waals surface area contributed by atoms with E-state index in [4.69, 9.17) is 11.6 Å². The fraction of sp³-hybridized carbons (Fsp3) is 0.364. The van der Waals surface area contributed by atoms with E-state index in [-0.39, 0.29) is 0 Å². The molecule has 0 atom stereocenters. The summed E-state index contributed by atoms with van der Waals surface area (Å²) in [5.41, 5.74) is 1.17. The van der Waals surface area contributed by atoms with E-state index in [1.165, 1.54) is 10.5 Å². The first kappa shape index (κ1) is 10.8. The number of rotatable bonds is 3. The van der Waals surface area contributed by atoms with Crippen molar-refractivity contribution in [3.8, 4) is 0 Å². The van der Waals surface area contributed by atoms with Crippen LogP contribution in [0.25, 0.3) is 0 Å². The standard InChI is InChI=1S/C11H13ClN2S/c12-8-15-10-5-2-1-4-9(10)11-13-6-3-7-14-11/h1-2,4-5H,3,6-8H2,(H,13,14). The summed E-state index contributed by atoms with van der Waals surface area (Å²) in [5.74, 6) is 1.01. The average Bonchev–Trinajstić information content (AvgIpc) is 2.31. The van der Waals surface area contributed by atoms with E-state index in [0.717, 1.165) is 25.3 Å². The number of nitrogens with zero attached hydrogens (tertiary/aromatic N) is 1. The van der Waals surface area contributed by atoms with Gasteiger partial charge in [-0.3, -0.25) is 4.99 Å². The predicted octanol–water partition coefficient (Wildman–Crippen LogP) is 2.71. The second kappa shape index (κ2) is 5.42. The molecule has 0 fully saturated rings. The molecule has 1 aromatic rings. The summed E-state index contributed by atoms with van der Waals surface area (Å²) in [6, 6.07) is 8.24. The highest BCUT2D eigenvalue weighted by molar-refractivity contribution is 8.00. The van der Waals surface area contributed by atoms with Gasteiger partial charge >= 0.3 is 0 Å². The Morgan fingerprint density at radius 3 is 3.00 bits per heavy atom. The maximum absolute atomic E-state index is 5.75. The molecule has 0 amide bonds. The molecule has 1 heterocycles. The van der Waals surface area contributed by atoms with Gasteiger partial charge in [0.15, 0.2) is 0 Å². The molecule has 0 saturated carbocycles. The quantitative estimate of drug-likeness (QED) is 0.649. The van der Waals surface area contributed by atoms with Gasteiger partial charge in [-0.15, -0.1) is 23.4 Å². The molecule has 0 radical (unpaired) electrons. The Morgan fingerprint density at radius 2 is 2.27 bits per heavy atom. The van der Waals surface area contributed by atoms with Crippen LogP contribution in [0.1, 0.15) is 12.0 Å². The third-order valence-electron chi connectivity index (χ3n) is 2.25. The molecule has 0 aromatic heterocycles. The van der Waals surface area contributed by atoms with Gasteiger partial charge in [-0.05, 0) is 12.5 Å². The summed E-state index contributed by atoms with van der Waals surface area (Å²) in [5, 5.41) is 3.90. The number of thioether (sulfide) groups is 1. The normalized spacial score (nSPS) is 15.7. The molecule has 0 unspecified atom stereocenters. The molecule has 0 spiro atoms. The molecule has 15 heavy (non-hydrogen) atoms. The van der Waals surface area contributed by atoms with Gasteiger partial charge in [0.1, 0.15) is 5.84 Å². The van der Waals surface area contributed by atoms with Crippen LogP contribution in [0.15, 0.2) is 34.2 Å². The van der Waals surface area contributed by atoms with Gasteiger partial charge in [-0.2, -0.15) is 0 Å². The Morgan fingerprint density at radius 1 is 1.40 bits per heavy atom. The smallest absolute Gasteiger partial charge is 0.129 e. The lowest BCUT2D eigenvalue weighted by atomic mass is 10.2. The molecule has 0 aliphatic carbocycles.